The summed E-state index contributed by atoms with van der Waals surface area (Å²) in [5, 5.41) is 5.05. The van der Waals surface area contributed by atoms with Gasteiger partial charge in [0, 0.05) is 34.0 Å². The number of Topliss-reactive ketones (excluding diaryl/α,β-unsaturated/α-hetero) is 1. The highest BCUT2D eigenvalue weighted by atomic mass is 35.5. The molecule has 1 aliphatic heterocycles. The van der Waals surface area contributed by atoms with E-state index in [2.05, 4.69) is 5.32 Å². The molecule has 0 saturated carbocycles. The third kappa shape index (κ3) is 3.30. The van der Waals surface area contributed by atoms with Gasteiger partial charge in [0.05, 0.1) is 0 Å². The Morgan fingerprint density at radius 3 is 1.43 bits per heavy atom. The molecule has 1 fully saturated rings. The van der Waals surface area contributed by atoms with Crippen LogP contribution in [0, 0.1) is 11.8 Å². The van der Waals surface area contributed by atoms with Gasteiger partial charge in [-0.2, -0.15) is 0 Å². The quantitative estimate of drug-likeness (QED) is 0.806. The Hall–Kier alpha value is -1.35. The van der Waals surface area contributed by atoms with Crippen molar-refractivity contribution in [3.8, 4) is 0 Å². The van der Waals surface area contributed by atoms with Gasteiger partial charge in [0.1, 0.15) is 5.78 Å². The molecule has 120 valence electrons. The van der Waals surface area contributed by atoms with Gasteiger partial charge in [-0.25, -0.2) is 0 Å². The largest absolute Gasteiger partial charge is 0.302 e. The van der Waals surface area contributed by atoms with Crippen molar-refractivity contribution in [2.24, 2.45) is 11.8 Å². The minimum absolute atomic E-state index is 0.0170. The van der Waals surface area contributed by atoms with Gasteiger partial charge in [-0.3, -0.25) is 4.79 Å². The number of piperidine rings is 1. The van der Waals surface area contributed by atoms with Crippen molar-refractivity contribution in [2.45, 2.75) is 25.9 Å². The molecule has 1 N–H and O–H groups in total. The third-order valence-corrected chi connectivity index (χ3v) is 5.22. The van der Waals surface area contributed by atoms with Gasteiger partial charge in [0.15, 0.2) is 0 Å². The summed E-state index contributed by atoms with van der Waals surface area (Å²) in [6, 6.07) is 15.4. The lowest BCUT2D eigenvalue weighted by Crippen LogP contribution is -2.46. The molecule has 0 radical (unpaired) electrons. The van der Waals surface area contributed by atoms with E-state index < -0.39 is 0 Å². The van der Waals surface area contributed by atoms with Gasteiger partial charge in [-0.1, -0.05) is 61.3 Å². The molecule has 0 aromatic heterocycles. The van der Waals surface area contributed by atoms with E-state index in [1.165, 1.54) is 0 Å². The molecule has 4 atom stereocenters. The number of hydrogen-bond donors (Lipinski definition) is 1. The smallest absolute Gasteiger partial charge is 0.142 e. The number of carbonyl (C=O) groups excluding carboxylic acids is 1. The topological polar surface area (TPSA) is 29.1 Å². The van der Waals surface area contributed by atoms with E-state index in [0.717, 1.165) is 11.1 Å². The maximum atomic E-state index is 12.7. The van der Waals surface area contributed by atoms with Crippen LogP contribution in [0.3, 0.4) is 0 Å². The van der Waals surface area contributed by atoms with Gasteiger partial charge < -0.3 is 5.32 Å². The number of benzene rings is 2. The van der Waals surface area contributed by atoms with Gasteiger partial charge in [-0.05, 0) is 35.4 Å². The molecule has 0 aliphatic carbocycles. The van der Waals surface area contributed by atoms with Crippen LogP contribution < -0.4 is 5.32 Å². The number of carbonyl (C=O) groups is 1. The molecule has 3 rings (SSSR count). The second kappa shape index (κ2) is 6.64. The zero-order valence-corrected chi connectivity index (χ0v) is 14.6. The molecule has 23 heavy (non-hydrogen) atoms. The predicted molar refractivity (Wildman–Crippen MR) is 94.9 cm³/mol. The number of rotatable bonds is 2. The SMILES string of the molecule is C[C@@H]1C(=O)[C@@H](C)[C@H](c2ccc(Cl)cc2)N[C@@H]1c1ccc(Cl)cc1. The number of ketones is 1. The number of halogens is 2. The molecule has 0 unspecified atom stereocenters. The second-order valence-corrected chi connectivity index (χ2v) is 7.08. The summed E-state index contributed by atoms with van der Waals surface area (Å²) >= 11 is 12.0. The van der Waals surface area contributed by atoms with Crippen molar-refractivity contribution in [3.05, 3.63) is 69.7 Å². The Kier molecular flexibility index (Phi) is 4.77. The Balaban J connectivity index is 1.94. The first kappa shape index (κ1) is 16.5. The summed E-state index contributed by atoms with van der Waals surface area (Å²) in [6.07, 6.45) is 0. The first-order valence-corrected chi connectivity index (χ1v) is 8.53. The maximum Gasteiger partial charge on any atom is 0.142 e. The highest BCUT2D eigenvalue weighted by Gasteiger charge is 2.40. The molecule has 2 nitrogen and oxygen atoms in total. The third-order valence-electron chi connectivity index (χ3n) is 4.71. The van der Waals surface area contributed by atoms with Crippen LogP contribution >= 0.6 is 23.2 Å². The average molecular weight is 348 g/mol. The molecule has 1 aliphatic rings. The van der Waals surface area contributed by atoms with Crippen molar-refractivity contribution < 1.29 is 4.79 Å². The van der Waals surface area contributed by atoms with Crippen molar-refractivity contribution >= 4 is 29.0 Å². The monoisotopic (exact) mass is 347 g/mol. The van der Waals surface area contributed by atoms with Gasteiger partial charge in [0.25, 0.3) is 0 Å². The van der Waals surface area contributed by atoms with E-state index in [1.807, 2.05) is 62.4 Å². The zero-order valence-electron chi connectivity index (χ0n) is 13.1. The Morgan fingerprint density at radius 2 is 1.09 bits per heavy atom. The molecule has 1 heterocycles. The molecule has 0 amide bonds. The molecule has 4 heteroatoms. The molecular weight excluding hydrogens is 329 g/mol. The average Bonchev–Trinajstić information content (AvgIpc) is 2.55. The lowest BCUT2D eigenvalue weighted by Gasteiger charge is -2.39. The Bertz CT molecular complexity index is 637. The van der Waals surface area contributed by atoms with Crippen LogP contribution in [0.1, 0.15) is 37.1 Å². The standard InChI is InChI=1S/C19H19Cl2NO/c1-11-17(13-3-7-15(20)8-4-13)22-18(12(2)19(11)23)14-5-9-16(21)10-6-14/h3-12,17-18,22H,1-2H3/t11-,12-,17-,18+/m0/s1. The molecule has 2 aromatic carbocycles. The lowest BCUT2D eigenvalue weighted by molar-refractivity contribution is -0.130. The first-order valence-electron chi connectivity index (χ1n) is 7.78. The van der Waals surface area contributed by atoms with E-state index >= 15 is 0 Å². The summed E-state index contributed by atoms with van der Waals surface area (Å²) in [5.74, 6) is 0.133. The molecule has 0 bridgehead atoms. The fourth-order valence-electron chi connectivity index (χ4n) is 3.34. The first-order chi connectivity index (χ1) is 11.0. The molecule has 1 saturated heterocycles. The fourth-order valence-corrected chi connectivity index (χ4v) is 3.59. The van der Waals surface area contributed by atoms with Crippen molar-refractivity contribution in [1.29, 1.82) is 0 Å². The summed E-state index contributed by atoms with van der Waals surface area (Å²) in [6.45, 7) is 3.98. The number of hydrogen-bond acceptors (Lipinski definition) is 2. The van der Waals surface area contributed by atoms with Crippen LogP contribution in [-0.2, 0) is 4.79 Å². The van der Waals surface area contributed by atoms with Crippen LogP contribution in [0.25, 0.3) is 0 Å². The van der Waals surface area contributed by atoms with E-state index in [0.29, 0.717) is 10.0 Å². The maximum absolute atomic E-state index is 12.7. The van der Waals surface area contributed by atoms with Crippen LogP contribution in [0.4, 0.5) is 0 Å². The zero-order chi connectivity index (χ0) is 16.6. The lowest BCUT2D eigenvalue weighted by atomic mass is 9.76. The van der Waals surface area contributed by atoms with Crippen LogP contribution in [-0.4, -0.2) is 5.78 Å². The molecule has 0 spiro atoms. The van der Waals surface area contributed by atoms with E-state index in [4.69, 9.17) is 23.2 Å². The highest BCUT2D eigenvalue weighted by Crippen LogP contribution is 2.38. The van der Waals surface area contributed by atoms with Crippen LogP contribution in [0.15, 0.2) is 48.5 Å². The van der Waals surface area contributed by atoms with Gasteiger partial charge >= 0.3 is 0 Å². The Morgan fingerprint density at radius 1 is 0.739 bits per heavy atom. The van der Waals surface area contributed by atoms with Crippen LogP contribution in [0.2, 0.25) is 10.0 Å². The van der Waals surface area contributed by atoms with Crippen LogP contribution in [0.5, 0.6) is 0 Å². The fraction of sp³-hybridized carbons (Fsp3) is 0.316. The summed E-state index contributed by atoms with van der Waals surface area (Å²) in [7, 11) is 0. The molecule has 2 aromatic rings. The van der Waals surface area contributed by atoms with E-state index in [-0.39, 0.29) is 29.7 Å². The normalized spacial score (nSPS) is 27.9. The Labute approximate surface area is 146 Å². The minimum atomic E-state index is -0.0743. The summed E-state index contributed by atoms with van der Waals surface area (Å²) in [5.41, 5.74) is 2.17. The highest BCUT2D eigenvalue weighted by molar-refractivity contribution is 6.30. The van der Waals surface area contributed by atoms with E-state index in [9.17, 15) is 4.79 Å². The van der Waals surface area contributed by atoms with Crippen molar-refractivity contribution in [1.82, 2.24) is 5.32 Å². The number of nitrogens with one attached hydrogen (secondary N) is 1. The van der Waals surface area contributed by atoms with Crippen molar-refractivity contribution in [3.63, 3.8) is 0 Å². The predicted octanol–water partition coefficient (Wildman–Crippen LogP) is 5.22. The molecular formula is C19H19Cl2NO. The summed E-state index contributed by atoms with van der Waals surface area (Å²) < 4.78 is 0. The van der Waals surface area contributed by atoms with Gasteiger partial charge in [-0.15, -0.1) is 0 Å². The minimum Gasteiger partial charge on any atom is -0.302 e. The van der Waals surface area contributed by atoms with E-state index in [1.54, 1.807) is 0 Å². The van der Waals surface area contributed by atoms with Gasteiger partial charge in [0.2, 0.25) is 0 Å². The summed E-state index contributed by atoms with van der Waals surface area (Å²) in [4.78, 5) is 12.7. The van der Waals surface area contributed by atoms with Crippen molar-refractivity contribution in [2.75, 3.05) is 0 Å². The second-order valence-electron chi connectivity index (χ2n) is 6.20.